The number of nitrogens with zero attached hydrogens (tertiary/aromatic N) is 2. The molecule has 6 heteroatoms. The lowest BCUT2D eigenvalue weighted by Crippen LogP contribution is -2.41. The number of rotatable bonds is 5. The summed E-state index contributed by atoms with van der Waals surface area (Å²) >= 11 is 5.81. The lowest BCUT2D eigenvalue weighted by atomic mass is 10.2. The van der Waals surface area contributed by atoms with Gasteiger partial charge in [0.05, 0.1) is 13.1 Å². The van der Waals surface area contributed by atoms with Crippen molar-refractivity contribution in [3.63, 3.8) is 0 Å². The molecule has 1 aromatic carbocycles. The molecule has 0 spiro atoms. The van der Waals surface area contributed by atoms with E-state index in [1.165, 1.54) is 12.8 Å². The number of halogens is 1. The fourth-order valence-corrected chi connectivity index (χ4v) is 2.81. The zero-order valence-corrected chi connectivity index (χ0v) is 14.3. The van der Waals surface area contributed by atoms with E-state index in [9.17, 15) is 9.59 Å². The third-order valence-corrected chi connectivity index (χ3v) is 4.16. The minimum absolute atomic E-state index is 0.105. The normalized spacial score (nSPS) is 15.3. The Hall–Kier alpha value is -1.59. The van der Waals surface area contributed by atoms with Gasteiger partial charge in [-0.15, -0.1) is 0 Å². The highest BCUT2D eigenvalue weighted by Crippen LogP contribution is 2.13. The van der Waals surface area contributed by atoms with Crippen molar-refractivity contribution in [2.45, 2.75) is 25.7 Å². The van der Waals surface area contributed by atoms with Crippen molar-refractivity contribution >= 4 is 29.1 Å². The van der Waals surface area contributed by atoms with Gasteiger partial charge in [0.2, 0.25) is 11.8 Å². The first-order valence-corrected chi connectivity index (χ1v) is 8.44. The summed E-state index contributed by atoms with van der Waals surface area (Å²) < 4.78 is 0. The Morgan fingerprint density at radius 1 is 1.09 bits per heavy atom. The largest absolute Gasteiger partial charge is 0.342 e. The van der Waals surface area contributed by atoms with Crippen molar-refractivity contribution in [1.29, 1.82) is 0 Å². The molecule has 126 valence electrons. The summed E-state index contributed by atoms with van der Waals surface area (Å²) in [6, 6.07) is 6.96. The Kier molecular flexibility index (Phi) is 6.86. The molecular formula is C17H24ClN3O2. The quantitative estimate of drug-likeness (QED) is 0.898. The number of nitrogens with one attached hydrogen (secondary N) is 1. The second-order valence-corrected chi connectivity index (χ2v) is 6.46. The Bertz CT molecular complexity index is 525. The summed E-state index contributed by atoms with van der Waals surface area (Å²) in [5.74, 6) is -0.0350. The summed E-state index contributed by atoms with van der Waals surface area (Å²) in [7, 11) is 1.79. The van der Waals surface area contributed by atoms with Crippen LogP contribution in [0.25, 0.3) is 0 Å². The number of benzene rings is 1. The molecule has 1 heterocycles. The van der Waals surface area contributed by atoms with Crippen LogP contribution in [-0.4, -0.2) is 54.8 Å². The van der Waals surface area contributed by atoms with Crippen molar-refractivity contribution < 1.29 is 9.59 Å². The van der Waals surface area contributed by atoms with E-state index in [4.69, 9.17) is 11.6 Å². The van der Waals surface area contributed by atoms with E-state index in [1.807, 2.05) is 4.90 Å². The van der Waals surface area contributed by atoms with Crippen LogP contribution < -0.4 is 5.32 Å². The monoisotopic (exact) mass is 337 g/mol. The first-order valence-electron chi connectivity index (χ1n) is 8.06. The molecule has 0 atom stereocenters. The molecular weight excluding hydrogens is 314 g/mol. The first kappa shape index (κ1) is 17.8. The zero-order valence-electron chi connectivity index (χ0n) is 13.6. The molecule has 0 radical (unpaired) electrons. The van der Waals surface area contributed by atoms with E-state index >= 15 is 0 Å². The van der Waals surface area contributed by atoms with Crippen molar-refractivity contribution in [3.05, 3.63) is 29.3 Å². The van der Waals surface area contributed by atoms with Crippen LogP contribution in [0.2, 0.25) is 5.02 Å². The van der Waals surface area contributed by atoms with Gasteiger partial charge in [0.1, 0.15) is 0 Å². The third-order valence-electron chi connectivity index (χ3n) is 3.91. The summed E-state index contributed by atoms with van der Waals surface area (Å²) in [4.78, 5) is 28.0. The standard InChI is InChI=1S/C17H24ClN3O2/c1-20(13-17(23)21-10-4-2-3-5-11-21)12-16(22)19-15-8-6-14(18)7-9-15/h6-9H,2-5,10-13H2,1H3,(H,19,22). The third kappa shape index (κ3) is 6.20. The number of hydrogen-bond donors (Lipinski definition) is 1. The average Bonchev–Trinajstić information content (AvgIpc) is 2.78. The van der Waals surface area contributed by atoms with Crippen LogP contribution in [0.3, 0.4) is 0 Å². The topological polar surface area (TPSA) is 52.7 Å². The lowest BCUT2D eigenvalue weighted by Gasteiger charge is -2.23. The van der Waals surface area contributed by atoms with E-state index in [0.29, 0.717) is 10.7 Å². The highest BCUT2D eigenvalue weighted by molar-refractivity contribution is 6.30. The number of anilines is 1. The van der Waals surface area contributed by atoms with Crippen molar-refractivity contribution in [2.24, 2.45) is 0 Å². The van der Waals surface area contributed by atoms with Crippen molar-refractivity contribution in [1.82, 2.24) is 9.80 Å². The highest BCUT2D eigenvalue weighted by Gasteiger charge is 2.18. The smallest absolute Gasteiger partial charge is 0.238 e. The maximum atomic E-state index is 12.3. The molecule has 23 heavy (non-hydrogen) atoms. The Morgan fingerprint density at radius 3 is 2.30 bits per heavy atom. The maximum absolute atomic E-state index is 12.3. The van der Waals surface area contributed by atoms with Gasteiger partial charge in [-0.05, 0) is 44.2 Å². The molecule has 5 nitrogen and oxygen atoms in total. The number of hydrogen-bond acceptors (Lipinski definition) is 3. The van der Waals surface area contributed by atoms with Crippen LogP contribution in [0.15, 0.2) is 24.3 Å². The minimum atomic E-state index is -0.140. The van der Waals surface area contributed by atoms with Crippen LogP contribution in [0.5, 0.6) is 0 Å². The number of likely N-dealkylation sites (tertiary alicyclic amines) is 1. The van der Waals surface area contributed by atoms with Gasteiger partial charge in [0, 0.05) is 23.8 Å². The summed E-state index contributed by atoms with van der Waals surface area (Å²) in [5.41, 5.74) is 0.701. The van der Waals surface area contributed by atoms with Crippen molar-refractivity contribution in [2.75, 3.05) is 38.5 Å². The molecule has 0 unspecified atom stereocenters. The molecule has 1 aromatic rings. The van der Waals surface area contributed by atoms with Gasteiger partial charge >= 0.3 is 0 Å². The van der Waals surface area contributed by atoms with E-state index in [1.54, 1.807) is 36.2 Å². The molecule has 0 aliphatic carbocycles. The van der Waals surface area contributed by atoms with E-state index in [-0.39, 0.29) is 24.9 Å². The van der Waals surface area contributed by atoms with E-state index in [0.717, 1.165) is 25.9 Å². The number of amides is 2. The molecule has 2 amide bonds. The second kappa shape index (κ2) is 8.89. The molecule has 0 saturated carbocycles. The molecule has 1 aliphatic heterocycles. The van der Waals surface area contributed by atoms with Gasteiger partial charge in [0.25, 0.3) is 0 Å². The first-order chi connectivity index (χ1) is 11.0. The summed E-state index contributed by atoms with van der Waals surface area (Å²) in [6.45, 7) is 2.13. The number of likely N-dealkylation sites (N-methyl/N-ethyl adjacent to an activating group) is 1. The molecule has 2 rings (SSSR count). The lowest BCUT2D eigenvalue weighted by molar-refractivity contribution is -0.132. The second-order valence-electron chi connectivity index (χ2n) is 6.02. The maximum Gasteiger partial charge on any atom is 0.238 e. The van der Waals surface area contributed by atoms with E-state index in [2.05, 4.69) is 5.32 Å². The fourth-order valence-electron chi connectivity index (χ4n) is 2.69. The van der Waals surface area contributed by atoms with Gasteiger partial charge in [-0.25, -0.2) is 0 Å². The van der Waals surface area contributed by atoms with Gasteiger partial charge in [0.15, 0.2) is 0 Å². The number of carbonyl (C=O) groups excluding carboxylic acids is 2. The summed E-state index contributed by atoms with van der Waals surface area (Å²) in [5, 5.41) is 3.43. The summed E-state index contributed by atoms with van der Waals surface area (Å²) in [6.07, 6.45) is 4.55. The van der Waals surface area contributed by atoms with E-state index < -0.39 is 0 Å². The zero-order chi connectivity index (χ0) is 16.7. The van der Waals surface area contributed by atoms with Gasteiger partial charge in [-0.2, -0.15) is 0 Å². The highest BCUT2D eigenvalue weighted by atomic mass is 35.5. The van der Waals surface area contributed by atoms with Gasteiger partial charge in [-0.3, -0.25) is 14.5 Å². The molecule has 1 aliphatic rings. The SMILES string of the molecule is CN(CC(=O)Nc1ccc(Cl)cc1)CC(=O)N1CCCCCC1. The van der Waals surface area contributed by atoms with Crippen LogP contribution in [-0.2, 0) is 9.59 Å². The molecule has 0 bridgehead atoms. The predicted octanol–water partition coefficient (Wildman–Crippen LogP) is 2.61. The Morgan fingerprint density at radius 2 is 1.70 bits per heavy atom. The molecule has 1 fully saturated rings. The Balaban J connectivity index is 1.76. The Labute approximate surface area is 142 Å². The molecule has 1 N–H and O–H groups in total. The molecule has 0 aromatic heterocycles. The van der Waals surface area contributed by atoms with Crippen LogP contribution in [0, 0.1) is 0 Å². The number of carbonyl (C=O) groups is 2. The van der Waals surface area contributed by atoms with Gasteiger partial charge < -0.3 is 10.2 Å². The average molecular weight is 338 g/mol. The van der Waals surface area contributed by atoms with Crippen molar-refractivity contribution in [3.8, 4) is 0 Å². The fraction of sp³-hybridized carbons (Fsp3) is 0.529. The van der Waals surface area contributed by atoms with Gasteiger partial charge in [-0.1, -0.05) is 24.4 Å². The van der Waals surface area contributed by atoms with Crippen LogP contribution >= 0.6 is 11.6 Å². The van der Waals surface area contributed by atoms with Crippen LogP contribution in [0.4, 0.5) is 5.69 Å². The predicted molar refractivity (Wildman–Crippen MR) is 92.6 cm³/mol. The van der Waals surface area contributed by atoms with Crippen LogP contribution in [0.1, 0.15) is 25.7 Å². The minimum Gasteiger partial charge on any atom is -0.342 e. The molecule has 1 saturated heterocycles.